The summed E-state index contributed by atoms with van der Waals surface area (Å²) in [6.45, 7) is 2.07. The Hall–Kier alpha value is -3.21. The molecule has 3 aromatic rings. The summed E-state index contributed by atoms with van der Waals surface area (Å²) in [5, 5.41) is 0.154. The molecule has 6 atom stereocenters. The van der Waals surface area contributed by atoms with Crippen LogP contribution in [0.2, 0.25) is 5.02 Å². The van der Waals surface area contributed by atoms with Crippen LogP contribution in [0.1, 0.15) is 72.9 Å². The summed E-state index contributed by atoms with van der Waals surface area (Å²) in [5.74, 6) is 1.15. The van der Waals surface area contributed by atoms with Crippen molar-refractivity contribution in [3.05, 3.63) is 76.6 Å². The van der Waals surface area contributed by atoms with E-state index in [1.54, 1.807) is 19.2 Å². The monoisotopic (exact) mass is 693 g/mol. The second kappa shape index (κ2) is 13.6. The molecule has 0 amide bonds. The third-order valence-electron chi connectivity index (χ3n) is 11.5. The summed E-state index contributed by atoms with van der Waals surface area (Å²) < 4.78 is 45.0. The van der Waals surface area contributed by atoms with Gasteiger partial charge in [-0.15, -0.1) is 0 Å². The zero-order valence-corrected chi connectivity index (χ0v) is 29.2. The van der Waals surface area contributed by atoms with Crippen molar-refractivity contribution in [1.29, 1.82) is 0 Å². The van der Waals surface area contributed by atoms with Crippen LogP contribution in [-0.4, -0.2) is 69.6 Å². The Bertz CT molecular complexity index is 1760. The van der Waals surface area contributed by atoms with Crippen LogP contribution in [0.5, 0.6) is 5.75 Å². The van der Waals surface area contributed by atoms with Gasteiger partial charge in [0, 0.05) is 43.0 Å². The Morgan fingerprint density at radius 2 is 1.92 bits per heavy atom. The summed E-state index contributed by atoms with van der Waals surface area (Å²) in [6, 6.07) is 13.5. The fourth-order valence-electron chi connectivity index (χ4n) is 8.96. The van der Waals surface area contributed by atoms with Crippen LogP contribution < -0.4 is 9.64 Å². The highest BCUT2D eigenvalue weighted by Crippen LogP contribution is 2.48. The number of sulfone groups is 1. The van der Waals surface area contributed by atoms with E-state index in [-0.39, 0.29) is 28.6 Å². The Morgan fingerprint density at radius 1 is 1.08 bits per heavy atom. The zero-order chi connectivity index (χ0) is 33.5. The van der Waals surface area contributed by atoms with E-state index in [9.17, 15) is 13.2 Å². The largest absolute Gasteiger partial charge is 0.490 e. The molecule has 1 spiro atoms. The number of carbonyl (C=O) groups excluding carboxylic acids is 1. The van der Waals surface area contributed by atoms with Crippen LogP contribution in [0.4, 0.5) is 5.69 Å². The van der Waals surface area contributed by atoms with E-state index in [0.29, 0.717) is 36.8 Å². The predicted molar refractivity (Wildman–Crippen MR) is 184 cm³/mol. The predicted octanol–water partition coefficient (Wildman–Crippen LogP) is 6.46. The van der Waals surface area contributed by atoms with Gasteiger partial charge >= 0.3 is 5.97 Å². The van der Waals surface area contributed by atoms with Gasteiger partial charge in [-0.1, -0.05) is 24.1 Å². The van der Waals surface area contributed by atoms with E-state index in [4.69, 9.17) is 25.8 Å². The van der Waals surface area contributed by atoms with Crippen LogP contribution >= 0.6 is 11.6 Å². The molecule has 7 rings (SSSR count). The van der Waals surface area contributed by atoms with Crippen molar-refractivity contribution < 1.29 is 27.4 Å². The topological polar surface area (TPSA) is 108 Å². The van der Waals surface area contributed by atoms with Crippen LogP contribution in [0, 0.1) is 17.8 Å². The summed E-state index contributed by atoms with van der Waals surface area (Å²) in [7, 11) is -0.452. The summed E-state index contributed by atoms with van der Waals surface area (Å²) in [6.07, 6.45) is 11.0. The second-order valence-corrected chi connectivity index (χ2v) is 16.7. The van der Waals surface area contributed by atoms with Crippen molar-refractivity contribution >= 4 is 33.1 Å². The fraction of sp³-hybridized carbons (Fsp3) is 0.541. The first-order valence-corrected chi connectivity index (χ1v) is 19.1. The van der Waals surface area contributed by atoms with Crippen molar-refractivity contribution in [2.45, 2.75) is 79.7 Å². The maximum Gasteiger partial charge on any atom is 0.337 e. The average Bonchev–Trinajstić information content (AvgIpc) is 3.25. The number of halogens is 1. The molecule has 1 aromatic heterocycles. The molecule has 48 heavy (non-hydrogen) atoms. The van der Waals surface area contributed by atoms with Gasteiger partial charge in [0.2, 0.25) is 15.0 Å². The van der Waals surface area contributed by atoms with Crippen molar-refractivity contribution in [2.24, 2.45) is 17.8 Å². The van der Waals surface area contributed by atoms with Gasteiger partial charge in [0.05, 0.1) is 36.3 Å². The van der Waals surface area contributed by atoms with Crippen molar-refractivity contribution in [3.63, 3.8) is 0 Å². The van der Waals surface area contributed by atoms with Crippen molar-refractivity contribution in [3.8, 4) is 5.75 Å². The first-order valence-electron chi connectivity index (χ1n) is 17.1. The molecule has 2 saturated carbocycles. The van der Waals surface area contributed by atoms with Crippen LogP contribution in [0.3, 0.4) is 0 Å². The average molecular weight is 694 g/mol. The van der Waals surface area contributed by atoms with Crippen molar-refractivity contribution in [1.82, 2.24) is 9.97 Å². The molecule has 4 aliphatic rings. The molecule has 0 saturated heterocycles. The highest BCUT2D eigenvalue weighted by atomic mass is 35.5. The lowest BCUT2D eigenvalue weighted by molar-refractivity contribution is -0.0589. The van der Waals surface area contributed by atoms with Gasteiger partial charge in [0.1, 0.15) is 5.75 Å². The number of hydrogen-bond acceptors (Lipinski definition) is 9. The van der Waals surface area contributed by atoms with E-state index in [2.05, 4.69) is 27.0 Å². The Kier molecular flexibility index (Phi) is 9.43. The SMILES string of the molecule is COC(=O)c1ccc2c(c1)N(C[C@@H]1CC[C@H]1[C@@H](OC)[C@@H]1CCC[C@@H](S(=O)(=O)c3ncccn3)C1)C[C@@]1(CCCc3cc(Cl)ccc31)CO2. The molecule has 11 heteroatoms. The first-order chi connectivity index (χ1) is 23.2. The summed E-state index contributed by atoms with van der Waals surface area (Å²) in [4.78, 5) is 23.2. The molecule has 9 nitrogen and oxygen atoms in total. The zero-order valence-electron chi connectivity index (χ0n) is 27.6. The summed E-state index contributed by atoms with van der Waals surface area (Å²) in [5.41, 5.74) is 3.74. The van der Waals surface area contributed by atoms with Gasteiger partial charge in [-0.25, -0.2) is 23.2 Å². The lowest BCUT2D eigenvalue weighted by atomic mass is 9.65. The maximum atomic E-state index is 13.5. The third-order valence-corrected chi connectivity index (χ3v) is 13.7. The highest BCUT2D eigenvalue weighted by Gasteiger charge is 2.47. The number of esters is 1. The number of anilines is 1. The minimum absolute atomic E-state index is 0.0472. The van der Waals surface area contributed by atoms with E-state index in [0.717, 1.165) is 74.5 Å². The summed E-state index contributed by atoms with van der Waals surface area (Å²) >= 11 is 6.45. The van der Waals surface area contributed by atoms with Crippen LogP contribution in [0.25, 0.3) is 0 Å². The van der Waals surface area contributed by atoms with Gasteiger partial charge in [-0.2, -0.15) is 0 Å². The molecular weight excluding hydrogens is 650 g/mol. The number of aromatic nitrogens is 2. The van der Waals surface area contributed by atoms with Gasteiger partial charge in [0.25, 0.3) is 0 Å². The smallest absolute Gasteiger partial charge is 0.337 e. The maximum absolute atomic E-state index is 13.5. The minimum atomic E-state index is -3.63. The number of methoxy groups -OCH3 is 2. The number of ether oxygens (including phenoxy) is 3. The highest BCUT2D eigenvalue weighted by molar-refractivity contribution is 7.91. The molecular formula is C37H44ClN3O6S. The molecule has 0 radical (unpaired) electrons. The molecule has 256 valence electrons. The minimum Gasteiger partial charge on any atom is -0.490 e. The third kappa shape index (κ3) is 6.20. The number of nitrogens with zero attached hydrogens (tertiary/aromatic N) is 3. The Morgan fingerprint density at radius 3 is 2.67 bits per heavy atom. The number of benzene rings is 2. The molecule has 0 unspecified atom stereocenters. The normalized spacial score (nSPS) is 27.5. The van der Waals surface area contributed by atoms with Gasteiger partial charge in [-0.05, 0) is 117 Å². The lowest BCUT2D eigenvalue weighted by Crippen LogP contribution is -2.51. The Balaban J connectivity index is 1.16. The standard InChI is InChI=1S/C37H44ClN3O6S/c1-45-34(25-6-3-8-29(19-25)48(43,44)36-39-16-5-17-40-36)30-12-9-27(30)21-41-22-37(15-4-7-24-18-28(38)11-13-31(24)37)23-47-33-14-10-26(20-32(33)41)35(42)46-2/h5,10-11,13-14,16-18,20,25,27,29-30,34H,3-4,6-9,12,15,19,21-23H2,1-2H3/t25-,27+,29-,30-,34+,37+/m1/s1. The van der Waals surface area contributed by atoms with Crippen molar-refractivity contribution in [2.75, 3.05) is 38.8 Å². The molecule has 0 N–H and O–H groups in total. The quantitative estimate of drug-likeness (QED) is 0.194. The van der Waals surface area contributed by atoms with E-state index >= 15 is 0 Å². The molecule has 2 fully saturated rings. The molecule has 3 aliphatic carbocycles. The number of carbonyl (C=O) groups is 1. The van der Waals surface area contributed by atoms with Gasteiger partial charge in [-0.3, -0.25) is 0 Å². The number of fused-ring (bicyclic) bond motifs is 3. The molecule has 2 aromatic carbocycles. The van der Waals surface area contributed by atoms with Crippen LogP contribution in [0.15, 0.2) is 60.0 Å². The second-order valence-electron chi connectivity index (χ2n) is 14.1. The van der Waals surface area contributed by atoms with E-state index in [1.165, 1.54) is 30.6 Å². The van der Waals surface area contributed by atoms with Crippen LogP contribution in [-0.2, 0) is 31.1 Å². The fourth-order valence-corrected chi connectivity index (χ4v) is 10.8. The molecule has 0 bridgehead atoms. The van der Waals surface area contributed by atoms with E-state index < -0.39 is 15.1 Å². The molecule has 1 aliphatic heterocycles. The Labute approximate surface area is 288 Å². The first kappa shape index (κ1) is 33.3. The molecule has 2 heterocycles. The number of rotatable bonds is 8. The number of hydrogen-bond donors (Lipinski definition) is 0. The number of aryl methyl sites for hydroxylation is 1. The van der Waals surface area contributed by atoms with Gasteiger partial charge in [0.15, 0.2) is 0 Å². The van der Waals surface area contributed by atoms with E-state index in [1.807, 2.05) is 18.2 Å². The van der Waals surface area contributed by atoms with Gasteiger partial charge < -0.3 is 19.1 Å². The lowest BCUT2D eigenvalue weighted by Gasteiger charge is -2.48.